The van der Waals surface area contributed by atoms with Gasteiger partial charge in [0.1, 0.15) is 23.1 Å². The van der Waals surface area contributed by atoms with Crippen LogP contribution in [0.3, 0.4) is 0 Å². The summed E-state index contributed by atoms with van der Waals surface area (Å²) in [6.07, 6.45) is 1.94. The second-order valence-electron chi connectivity index (χ2n) is 6.12. The van der Waals surface area contributed by atoms with Crippen LogP contribution in [0.15, 0.2) is 54.1 Å². The number of aromatic nitrogens is 1. The maximum Gasteiger partial charge on any atom is 0.205 e. The van der Waals surface area contributed by atoms with Gasteiger partial charge >= 0.3 is 0 Å². The maximum atomic E-state index is 9.70. The predicted molar refractivity (Wildman–Crippen MR) is 95.3 cm³/mol. The van der Waals surface area contributed by atoms with Crippen LogP contribution in [0.4, 0.5) is 0 Å². The Morgan fingerprint density at radius 3 is 2.80 bits per heavy atom. The van der Waals surface area contributed by atoms with Gasteiger partial charge in [0.25, 0.3) is 0 Å². The number of rotatable bonds is 2. The number of allylic oxidation sites excluding steroid dienone is 1. The zero-order chi connectivity index (χ0) is 17.6. The van der Waals surface area contributed by atoms with E-state index in [1.807, 2.05) is 37.4 Å². The van der Waals surface area contributed by atoms with Gasteiger partial charge in [-0.1, -0.05) is 11.6 Å². The second-order valence-corrected chi connectivity index (χ2v) is 6.12. The molecule has 0 bridgehead atoms. The Morgan fingerprint density at radius 1 is 1.20 bits per heavy atom. The topological polar surface area (TPSA) is 84.1 Å². The molecule has 2 heterocycles. The van der Waals surface area contributed by atoms with Gasteiger partial charge in [-0.2, -0.15) is 5.26 Å². The summed E-state index contributed by atoms with van der Waals surface area (Å²) in [5.74, 6) is 1.19. The number of nitrogens with two attached hydrogens (primary N) is 1. The Kier molecular flexibility index (Phi) is 3.40. The maximum absolute atomic E-state index is 9.70. The fourth-order valence-electron chi connectivity index (χ4n) is 3.38. The molecule has 2 aromatic carbocycles. The summed E-state index contributed by atoms with van der Waals surface area (Å²) in [5.41, 5.74) is 10.5. The van der Waals surface area contributed by atoms with Crippen molar-refractivity contribution in [2.24, 2.45) is 5.73 Å². The first kappa shape index (κ1) is 15.2. The SMILES string of the molecule is COc1ccc2c(c1)[C@H](c1c[nH]c3ccc(C)cc13)C(C#N)=C(N)O2. The van der Waals surface area contributed by atoms with Gasteiger partial charge in [-0.25, -0.2) is 0 Å². The summed E-state index contributed by atoms with van der Waals surface area (Å²) < 4.78 is 11.0. The van der Waals surface area contributed by atoms with Gasteiger partial charge in [0.2, 0.25) is 5.88 Å². The summed E-state index contributed by atoms with van der Waals surface area (Å²) >= 11 is 0. The molecule has 5 nitrogen and oxygen atoms in total. The highest BCUT2D eigenvalue weighted by Crippen LogP contribution is 2.45. The first-order chi connectivity index (χ1) is 12.1. The monoisotopic (exact) mass is 331 g/mol. The van der Waals surface area contributed by atoms with E-state index in [4.69, 9.17) is 15.2 Å². The summed E-state index contributed by atoms with van der Waals surface area (Å²) in [4.78, 5) is 3.29. The number of aryl methyl sites for hydroxylation is 1. The van der Waals surface area contributed by atoms with Gasteiger partial charge in [0.05, 0.1) is 13.0 Å². The van der Waals surface area contributed by atoms with Crippen LogP contribution in [-0.4, -0.2) is 12.1 Å². The summed E-state index contributed by atoms with van der Waals surface area (Å²) in [5, 5.41) is 10.8. The van der Waals surface area contributed by atoms with E-state index in [0.29, 0.717) is 17.1 Å². The fourth-order valence-corrected chi connectivity index (χ4v) is 3.38. The molecule has 1 aliphatic heterocycles. The van der Waals surface area contributed by atoms with Crippen molar-refractivity contribution in [3.05, 3.63) is 70.7 Å². The number of ether oxygens (including phenoxy) is 2. The van der Waals surface area contributed by atoms with Crippen LogP contribution in [-0.2, 0) is 0 Å². The molecule has 0 spiro atoms. The third-order valence-electron chi connectivity index (χ3n) is 4.60. The van der Waals surface area contributed by atoms with Crippen LogP contribution in [0.25, 0.3) is 10.9 Å². The van der Waals surface area contributed by atoms with Crippen LogP contribution >= 0.6 is 0 Å². The van der Waals surface area contributed by atoms with Crippen LogP contribution in [0, 0.1) is 18.3 Å². The van der Waals surface area contributed by atoms with E-state index in [-0.39, 0.29) is 11.8 Å². The highest BCUT2D eigenvalue weighted by atomic mass is 16.5. The Labute approximate surface area is 145 Å². The number of nitrogens with zero attached hydrogens (tertiary/aromatic N) is 1. The van der Waals surface area contributed by atoms with Crippen molar-refractivity contribution in [2.75, 3.05) is 7.11 Å². The van der Waals surface area contributed by atoms with Crippen molar-refractivity contribution in [2.45, 2.75) is 12.8 Å². The Balaban J connectivity index is 2.01. The highest BCUT2D eigenvalue weighted by Gasteiger charge is 2.32. The van der Waals surface area contributed by atoms with Crippen LogP contribution in [0.2, 0.25) is 0 Å². The van der Waals surface area contributed by atoms with Crippen molar-refractivity contribution in [1.29, 1.82) is 5.26 Å². The number of fused-ring (bicyclic) bond motifs is 2. The number of benzene rings is 2. The van der Waals surface area contributed by atoms with E-state index >= 15 is 0 Å². The quantitative estimate of drug-likeness (QED) is 0.750. The van der Waals surface area contributed by atoms with Crippen LogP contribution in [0.5, 0.6) is 11.5 Å². The second kappa shape index (κ2) is 5.60. The van der Waals surface area contributed by atoms with E-state index < -0.39 is 0 Å². The number of hydrogen-bond donors (Lipinski definition) is 2. The molecule has 0 saturated heterocycles. The summed E-state index contributed by atoms with van der Waals surface area (Å²) in [7, 11) is 1.62. The molecule has 0 amide bonds. The molecular formula is C20H17N3O2. The standard InChI is InChI=1S/C20H17N3O2/c1-11-3-5-17-13(7-11)16(10-23-17)19-14-8-12(24-2)4-6-18(14)25-20(22)15(19)9-21/h3-8,10,19,23H,22H2,1-2H3/t19-/m0/s1. The van der Waals surface area contributed by atoms with Crippen LogP contribution in [0.1, 0.15) is 22.6 Å². The predicted octanol–water partition coefficient (Wildman–Crippen LogP) is 3.70. The Hall–Kier alpha value is -3.39. The molecule has 5 heteroatoms. The first-order valence-corrected chi connectivity index (χ1v) is 7.95. The molecule has 0 saturated carbocycles. The molecule has 124 valence electrons. The average Bonchev–Trinajstić information content (AvgIpc) is 3.02. The third kappa shape index (κ3) is 2.31. The number of nitrogens with one attached hydrogen (secondary N) is 1. The van der Waals surface area contributed by atoms with Gasteiger partial charge in [-0.05, 0) is 42.8 Å². The molecule has 0 fully saturated rings. The normalized spacial score (nSPS) is 16.3. The molecule has 1 atom stereocenters. The zero-order valence-corrected chi connectivity index (χ0v) is 14.0. The molecule has 0 radical (unpaired) electrons. The van der Waals surface area contributed by atoms with Crippen molar-refractivity contribution < 1.29 is 9.47 Å². The lowest BCUT2D eigenvalue weighted by Gasteiger charge is -2.26. The van der Waals surface area contributed by atoms with Gasteiger partial charge < -0.3 is 20.2 Å². The minimum Gasteiger partial charge on any atom is -0.497 e. The molecule has 25 heavy (non-hydrogen) atoms. The van der Waals surface area contributed by atoms with E-state index in [1.165, 1.54) is 0 Å². The fraction of sp³-hybridized carbons (Fsp3) is 0.150. The molecule has 1 aliphatic rings. The lowest BCUT2D eigenvalue weighted by Crippen LogP contribution is -2.21. The third-order valence-corrected chi connectivity index (χ3v) is 4.60. The highest BCUT2D eigenvalue weighted by molar-refractivity contribution is 5.86. The van der Waals surface area contributed by atoms with Crippen LogP contribution < -0.4 is 15.2 Å². The molecule has 1 aromatic heterocycles. The minimum absolute atomic E-state index is 0.146. The number of aromatic amines is 1. The van der Waals surface area contributed by atoms with E-state index in [2.05, 4.69) is 23.2 Å². The van der Waals surface area contributed by atoms with Crippen molar-refractivity contribution in [3.8, 4) is 17.6 Å². The van der Waals surface area contributed by atoms with Gasteiger partial charge in [0.15, 0.2) is 0 Å². The molecule has 3 N–H and O–H groups in total. The Morgan fingerprint density at radius 2 is 2.04 bits per heavy atom. The van der Waals surface area contributed by atoms with E-state index in [1.54, 1.807) is 7.11 Å². The van der Waals surface area contributed by atoms with E-state index in [0.717, 1.165) is 27.6 Å². The van der Waals surface area contributed by atoms with Gasteiger partial charge in [-0.15, -0.1) is 0 Å². The molecule has 4 rings (SSSR count). The molecule has 0 unspecified atom stereocenters. The minimum atomic E-state index is -0.306. The lowest BCUT2D eigenvalue weighted by atomic mass is 9.83. The smallest absolute Gasteiger partial charge is 0.205 e. The molecular weight excluding hydrogens is 314 g/mol. The zero-order valence-electron chi connectivity index (χ0n) is 14.0. The van der Waals surface area contributed by atoms with Gasteiger partial charge in [-0.3, -0.25) is 0 Å². The largest absolute Gasteiger partial charge is 0.497 e. The average molecular weight is 331 g/mol. The summed E-state index contributed by atoms with van der Waals surface area (Å²) in [6, 6.07) is 14.0. The number of hydrogen-bond acceptors (Lipinski definition) is 4. The molecule has 3 aromatic rings. The number of nitriles is 1. The van der Waals surface area contributed by atoms with Crippen molar-refractivity contribution in [1.82, 2.24) is 4.98 Å². The van der Waals surface area contributed by atoms with Crippen molar-refractivity contribution >= 4 is 10.9 Å². The number of H-pyrrole nitrogens is 1. The lowest BCUT2D eigenvalue weighted by molar-refractivity contribution is 0.386. The van der Waals surface area contributed by atoms with Crippen molar-refractivity contribution in [3.63, 3.8) is 0 Å². The molecule has 0 aliphatic carbocycles. The number of methoxy groups -OCH3 is 1. The Bertz CT molecular complexity index is 1060. The van der Waals surface area contributed by atoms with Gasteiger partial charge in [0, 0.05) is 22.7 Å². The van der Waals surface area contributed by atoms with E-state index in [9.17, 15) is 5.26 Å². The first-order valence-electron chi connectivity index (χ1n) is 7.95. The summed E-state index contributed by atoms with van der Waals surface area (Å²) in [6.45, 7) is 2.05.